The number of rotatable bonds is 9. The Hall–Kier alpha value is -3.21. The quantitative estimate of drug-likeness (QED) is 0.591. The topological polar surface area (TPSA) is 60.7 Å². The van der Waals surface area contributed by atoms with Gasteiger partial charge < -0.3 is 19.2 Å². The Bertz CT molecular complexity index is 799. The van der Waals surface area contributed by atoms with Gasteiger partial charge in [0, 0.05) is 12.1 Å². The van der Waals surface area contributed by atoms with Crippen LogP contribution >= 0.6 is 0 Å². The van der Waals surface area contributed by atoms with E-state index >= 15 is 0 Å². The molecule has 0 atom stereocenters. The smallest absolute Gasteiger partial charge is 0.287 e. The molecule has 0 aliphatic rings. The van der Waals surface area contributed by atoms with Crippen molar-refractivity contribution in [3.05, 3.63) is 84.3 Å². The normalized spacial score (nSPS) is 10.3. The molecule has 26 heavy (non-hydrogen) atoms. The van der Waals surface area contributed by atoms with Crippen LogP contribution in [0.2, 0.25) is 0 Å². The van der Waals surface area contributed by atoms with Gasteiger partial charge in [-0.3, -0.25) is 4.79 Å². The molecular formula is C21H21NO4. The highest BCUT2D eigenvalue weighted by Crippen LogP contribution is 2.15. The second-order valence-electron chi connectivity index (χ2n) is 5.65. The lowest BCUT2D eigenvalue weighted by Gasteiger charge is -2.08. The third kappa shape index (κ3) is 5.14. The number of nitrogens with one attached hydrogen (secondary N) is 1. The Labute approximate surface area is 152 Å². The molecule has 3 rings (SSSR count). The van der Waals surface area contributed by atoms with Crippen molar-refractivity contribution in [2.24, 2.45) is 0 Å². The molecule has 1 heterocycles. The van der Waals surface area contributed by atoms with Crippen molar-refractivity contribution in [1.29, 1.82) is 0 Å². The first-order valence-corrected chi connectivity index (χ1v) is 8.53. The Morgan fingerprint density at radius 3 is 2.23 bits per heavy atom. The highest BCUT2D eigenvalue weighted by molar-refractivity contribution is 5.92. The van der Waals surface area contributed by atoms with E-state index in [9.17, 15) is 4.79 Å². The van der Waals surface area contributed by atoms with Crippen LogP contribution in [-0.4, -0.2) is 19.1 Å². The molecule has 134 valence electrons. The molecule has 0 unspecified atom stereocenters. The molecule has 0 bridgehead atoms. The summed E-state index contributed by atoms with van der Waals surface area (Å²) in [5.74, 6) is 1.61. The highest BCUT2D eigenvalue weighted by Gasteiger charge is 2.15. The first kappa shape index (κ1) is 17.6. The Morgan fingerprint density at radius 1 is 0.885 bits per heavy atom. The number of furan rings is 1. The van der Waals surface area contributed by atoms with E-state index in [4.69, 9.17) is 13.9 Å². The van der Waals surface area contributed by atoms with E-state index in [1.54, 1.807) is 6.07 Å². The van der Waals surface area contributed by atoms with Gasteiger partial charge in [-0.2, -0.15) is 0 Å². The van der Waals surface area contributed by atoms with Crippen molar-refractivity contribution in [2.75, 3.05) is 13.2 Å². The van der Waals surface area contributed by atoms with Crippen molar-refractivity contribution in [3.8, 4) is 11.5 Å². The van der Waals surface area contributed by atoms with Gasteiger partial charge >= 0.3 is 0 Å². The fraction of sp³-hybridized carbons (Fsp3) is 0.190. The molecule has 3 aromatic rings. The molecule has 2 aromatic carbocycles. The van der Waals surface area contributed by atoms with Gasteiger partial charge in [-0.15, -0.1) is 0 Å². The molecule has 0 aliphatic heterocycles. The molecule has 1 aromatic heterocycles. The molecule has 0 radical (unpaired) electrons. The van der Waals surface area contributed by atoms with Gasteiger partial charge in [0.15, 0.2) is 5.76 Å². The predicted octanol–water partition coefficient (Wildman–Crippen LogP) is 4.06. The summed E-state index contributed by atoms with van der Waals surface area (Å²) in [7, 11) is 0. The molecule has 0 fully saturated rings. The predicted molar refractivity (Wildman–Crippen MR) is 98.4 cm³/mol. The third-order valence-electron chi connectivity index (χ3n) is 3.71. The SMILES string of the molecule is O=C(NCCCOc1ccccc1)c1occc1COc1ccccc1. The van der Waals surface area contributed by atoms with Crippen LogP contribution in [0.15, 0.2) is 77.4 Å². The third-order valence-corrected chi connectivity index (χ3v) is 3.71. The van der Waals surface area contributed by atoms with Crippen molar-refractivity contribution < 1.29 is 18.7 Å². The minimum atomic E-state index is -0.249. The van der Waals surface area contributed by atoms with Crippen LogP contribution in [0.4, 0.5) is 0 Å². The van der Waals surface area contributed by atoms with Crippen LogP contribution in [0.5, 0.6) is 11.5 Å². The monoisotopic (exact) mass is 351 g/mol. The average molecular weight is 351 g/mol. The van der Waals surface area contributed by atoms with Gasteiger partial charge in [0.25, 0.3) is 5.91 Å². The van der Waals surface area contributed by atoms with Gasteiger partial charge in [0.05, 0.1) is 12.9 Å². The molecule has 0 saturated carbocycles. The van der Waals surface area contributed by atoms with Crippen molar-refractivity contribution in [3.63, 3.8) is 0 Å². The zero-order valence-electron chi connectivity index (χ0n) is 14.4. The average Bonchev–Trinajstić information content (AvgIpc) is 3.16. The lowest BCUT2D eigenvalue weighted by molar-refractivity contribution is 0.0920. The summed E-state index contributed by atoms with van der Waals surface area (Å²) in [4.78, 5) is 12.3. The maximum Gasteiger partial charge on any atom is 0.287 e. The molecule has 5 nitrogen and oxygen atoms in total. The number of amides is 1. The van der Waals surface area contributed by atoms with Gasteiger partial charge in [-0.1, -0.05) is 36.4 Å². The number of ether oxygens (including phenoxy) is 2. The minimum absolute atomic E-state index is 0.249. The largest absolute Gasteiger partial charge is 0.494 e. The minimum Gasteiger partial charge on any atom is -0.494 e. The maximum atomic E-state index is 12.3. The van der Waals surface area contributed by atoms with Crippen LogP contribution < -0.4 is 14.8 Å². The summed E-state index contributed by atoms with van der Waals surface area (Å²) in [6.07, 6.45) is 2.20. The standard InChI is InChI=1S/C21H21NO4/c23-21(22-13-7-14-24-18-8-3-1-4-9-18)20-17(12-15-25-20)16-26-19-10-5-2-6-11-19/h1-6,8-12,15H,7,13-14,16H2,(H,22,23). The van der Waals surface area contributed by atoms with Gasteiger partial charge in [0.1, 0.15) is 18.1 Å². The Balaban J connectivity index is 1.41. The summed E-state index contributed by atoms with van der Waals surface area (Å²) in [6.45, 7) is 1.32. The van der Waals surface area contributed by atoms with E-state index in [2.05, 4.69) is 5.32 Å². The van der Waals surface area contributed by atoms with E-state index in [0.29, 0.717) is 25.1 Å². The Morgan fingerprint density at radius 2 is 1.54 bits per heavy atom. The molecule has 1 N–H and O–H groups in total. The van der Waals surface area contributed by atoms with Gasteiger partial charge in [-0.25, -0.2) is 0 Å². The molecular weight excluding hydrogens is 330 g/mol. The van der Waals surface area contributed by atoms with E-state index in [1.807, 2.05) is 60.7 Å². The van der Waals surface area contributed by atoms with Gasteiger partial charge in [-0.05, 0) is 36.8 Å². The molecule has 0 aliphatic carbocycles. The zero-order valence-corrected chi connectivity index (χ0v) is 14.4. The van der Waals surface area contributed by atoms with E-state index < -0.39 is 0 Å². The first-order valence-electron chi connectivity index (χ1n) is 8.53. The van der Waals surface area contributed by atoms with Crippen molar-refractivity contribution in [1.82, 2.24) is 5.32 Å². The first-order chi connectivity index (χ1) is 12.8. The number of carbonyl (C=O) groups excluding carboxylic acids is 1. The number of benzene rings is 2. The van der Waals surface area contributed by atoms with E-state index in [-0.39, 0.29) is 18.3 Å². The summed E-state index contributed by atoms with van der Waals surface area (Å²) >= 11 is 0. The van der Waals surface area contributed by atoms with Crippen LogP contribution in [0.25, 0.3) is 0 Å². The summed E-state index contributed by atoms with van der Waals surface area (Å²) < 4.78 is 16.6. The fourth-order valence-corrected chi connectivity index (χ4v) is 2.39. The number of hydrogen-bond acceptors (Lipinski definition) is 4. The van der Waals surface area contributed by atoms with Crippen molar-refractivity contribution in [2.45, 2.75) is 13.0 Å². The maximum absolute atomic E-state index is 12.3. The summed E-state index contributed by atoms with van der Waals surface area (Å²) in [5, 5.41) is 2.84. The van der Waals surface area contributed by atoms with Gasteiger partial charge in [0.2, 0.25) is 0 Å². The van der Waals surface area contributed by atoms with Crippen LogP contribution in [0.3, 0.4) is 0 Å². The zero-order chi connectivity index (χ0) is 18.0. The lowest BCUT2D eigenvalue weighted by atomic mass is 10.2. The number of para-hydroxylation sites is 2. The van der Waals surface area contributed by atoms with Crippen molar-refractivity contribution >= 4 is 5.91 Å². The lowest BCUT2D eigenvalue weighted by Crippen LogP contribution is -2.26. The molecule has 5 heteroatoms. The molecule has 0 spiro atoms. The van der Waals surface area contributed by atoms with Crippen LogP contribution in [0.1, 0.15) is 22.5 Å². The number of carbonyl (C=O) groups is 1. The second kappa shape index (κ2) is 9.32. The molecule has 1 amide bonds. The Kier molecular flexibility index (Phi) is 6.31. The van der Waals surface area contributed by atoms with E-state index in [1.165, 1.54) is 6.26 Å². The van der Waals surface area contributed by atoms with E-state index in [0.717, 1.165) is 11.5 Å². The van der Waals surface area contributed by atoms with Crippen LogP contribution in [-0.2, 0) is 6.61 Å². The second-order valence-corrected chi connectivity index (χ2v) is 5.65. The number of hydrogen-bond donors (Lipinski definition) is 1. The fourth-order valence-electron chi connectivity index (χ4n) is 2.39. The summed E-state index contributed by atoms with van der Waals surface area (Å²) in [6, 6.07) is 20.8. The molecule has 0 saturated heterocycles. The summed E-state index contributed by atoms with van der Waals surface area (Å²) in [5.41, 5.74) is 0.715. The highest BCUT2D eigenvalue weighted by atomic mass is 16.5. The van der Waals surface area contributed by atoms with Crippen LogP contribution in [0, 0.1) is 0 Å².